The maximum Gasteiger partial charge on any atom is 0.224 e. The molecule has 2 rings (SSSR count). The van der Waals surface area contributed by atoms with Crippen LogP contribution >= 0.6 is 0 Å². The van der Waals surface area contributed by atoms with Gasteiger partial charge in [-0.05, 0) is 30.5 Å². The van der Waals surface area contributed by atoms with Gasteiger partial charge in [-0.3, -0.25) is 4.79 Å². The van der Waals surface area contributed by atoms with Gasteiger partial charge in [0.05, 0.1) is 6.42 Å². The zero-order chi connectivity index (χ0) is 13.7. The number of hydrogen-bond acceptors (Lipinski definition) is 2. The van der Waals surface area contributed by atoms with Gasteiger partial charge in [0.15, 0.2) is 0 Å². The van der Waals surface area contributed by atoms with E-state index in [2.05, 4.69) is 5.32 Å². The maximum absolute atomic E-state index is 12.8. The highest BCUT2D eigenvalue weighted by Gasteiger charge is 2.25. The average Bonchev–Trinajstić information content (AvgIpc) is 2.42. The van der Waals surface area contributed by atoms with Crippen molar-refractivity contribution in [1.82, 2.24) is 5.32 Å². The quantitative estimate of drug-likeness (QED) is 0.875. The van der Waals surface area contributed by atoms with Gasteiger partial charge in [-0.25, -0.2) is 4.39 Å². The summed E-state index contributed by atoms with van der Waals surface area (Å²) in [5.41, 5.74) is 0.801. The van der Waals surface area contributed by atoms with Gasteiger partial charge in [-0.15, -0.1) is 0 Å². The third kappa shape index (κ3) is 4.03. The van der Waals surface area contributed by atoms with Gasteiger partial charge in [0.2, 0.25) is 5.91 Å². The molecule has 1 aliphatic carbocycles. The molecule has 104 valence electrons. The Morgan fingerprint density at radius 2 is 1.95 bits per heavy atom. The van der Waals surface area contributed by atoms with Crippen molar-refractivity contribution in [2.45, 2.75) is 38.1 Å². The minimum Gasteiger partial charge on any atom is -0.396 e. The lowest BCUT2D eigenvalue weighted by atomic mass is 9.85. The van der Waals surface area contributed by atoms with E-state index >= 15 is 0 Å². The van der Waals surface area contributed by atoms with Gasteiger partial charge in [0.25, 0.3) is 0 Å². The standard InChI is InChI=1S/C15H20FNO2/c16-13-7-5-11(6-8-13)9-15(19)17-14-4-2-1-3-12(14)10-18/h5-8,12,14,18H,1-4,9-10H2,(H,17,19). The molecule has 1 aromatic carbocycles. The number of halogens is 1. The van der Waals surface area contributed by atoms with Crippen molar-refractivity contribution in [1.29, 1.82) is 0 Å². The predicted octanol–water partition coefficient (Wildman–Crippen LogP) is 2.04. The van der Waals surface area contributed by atoms with E-state index in [1.54, 1.807) is 12.1 Å². The largest absolute Gasteiger partial charge is 0.396 e. The summed E-state index contributed by atoms with van der Waals surface area (Å²) in [5.74, 6) is -0.181. The van der Waals surface area contributed by atoms with Crippen LogP contribution in [0.4, 0.5) is 4.39 Å². The fourth-order valence-electron chi connectivity index (χ4n) is 2.66. The van der Waals surface area contributed by atoms with E-state index in [9.17, 15) is 14.3 Å². The number of aliphatic hydroxyl groups excluding tert-OH is 1. The molecule has 0 radical (unpaired) electrons. The number of nitrogens with one attached hydrogen (secondary N) is 1. The summed E-state index contributed by atoms with van der Waals surface area (Å²) < 4.78 is 12.8. The zero-order valence-electron chi connectivity index (χ0n) is 10.9. The number of carbonyl (C=O) groups excluding carboxylic acids is 1. The van der Waals surface area contributed by atoms with Crippen LogP contribution in [0.25, 0.3) is 0 Å². The third-order valence-corrected chi connectivity index (χ3v) is 3.77. The monoisotopic (exact) mass is 265 g/mol. The average molecular weight is 265 g/mol. The minimum absolute atomic E-state index is 0.0584. The Labute approximate surface area is 112 Å². The molecule has 1 aromatic rings. The van der Waals surface area contributed by atoms with Crippen molar-refractivity contribution in [3.8, 4) is 0 Å². The first-order chi connectivity index (χ1) is 9.19. The Morgan fingerprint density at radius 1 is 1.26 bits per heavy atom. The number of benzene rings is 1. The van der Waals surface area contributed by atoms with Crippen molar-refractivity contribution in [3.63, 3.8) is 0 Å². The summed E-state index contributed by atoms with van der Waals surface area (Å²) in [4.78, 5) is 11.9. The van der Waals surface area contributed by atoms with Crippen molar-refractivity contribution in [2.75, 3.05) is 6.61 Å². The highest BCUT2D eigenvalue weighted by atomic mass is 19.1. The molecule has 0 saturated heterocycles. The Bertz CT molecular complexity index is 419. The molecule has 0 aliphatic heterocycles. The number of rotatable bonds is 4. The predicted molar refractivity (Wildman–Crippen MR) is 71.1 cm³/mol. The Hall–Kier alpha value is -1.42. The normalized spacial score (nSPS) is 23.1. The second-order valence-corrected chi connectivity index (χ2v) is 5.20. The molecule has 3 nitrogen and oxygen atoms in total. The van der Waals surface area contributed by atoms with Gasteiger partial charge in [-0.2, -0.15) is 0 Å². The fraction of sp³-hybridized carbons (Fsp3) is 0.533. The van der Waals surface area contributed by atoms with Crippen LogP contribution in [-0.4, -0.2) is 23.7 Å². The molecule has 1 aliphatic rings. The highest BCUT2D eigenvalue weighted by Crippen LogP contribution is 2.24. The maximum atomic E-state index is 12.8. The Balaban J connectivity index is 1.88. The molecule has 0 spiro atoms. The molecule has 2 atom stereocenters. The van der Waals surface area contributed by atoms with Crippen LogP contribution < -0.4 is 5.32 Å². The second kappa shape index (κ2) is 6.66. The van der Waals surface area contributed by atoms with E-state index in [0.29, 0.717) is 0 Å². The first-order valence-corrected chi connectivity index (χ1v) is 6.83. The van der Waals surface area contributed by atoms with Crippen LogP contribution in [-0.2, 0) is 11.2 Å². The lowest BCUT2D eigenvalue weighted by Crippen LogP contribution is -2.44. The van der Waals surface area contributed by atoms with Crippen molar-refractivity contribution >= 4 is 5.91 Å². The summed E-state index contributed by atoms with van der Waals surface area (Å²) in [6.45, 7) is 0.126. The number of amides is 1. The summed E-state index contributed by atoms with van der Waals surface area (Å²) in [7, 11) is 0. The highest BCUT2D eigenvalue weighted by molar-refractivity contribution is 5.78. The minimum atomic E-state index is -0.295. The lowest BCUT2D eigenvalue weighted by Gasteiger charge is -2.30. The molecule has 0 bridgehead atoms. The molecule has 0 aromatic heterocycles. The fourth-order valence-corrected chi connectivity index (χ4v) is 2.66. The molecular weight excluding hydrogens is 245 g/mol. The first-order valence-electron chi connectivity index (χ1n) is 6.83. The van der Waals surface area contributed by atoms with E-state index in [0.717, 1.165) is 31.2 Å². The van der Waals surface area contributed by atoms with Crippen molar-refractivity contribution < 1.29 is 14.3 Å². The first kappa shape index (κ1) is 14.0. The van der Waals surface area contributed by atoms with Crippen molar-refractivity contribution in [3.05, 3.63) is 35.6 Å². The van der Waals surface area contributed by atoms with E-state index in [4.69, 9.17) is 0 Å². The topological polar surface area (TPSA) is 49.3 Å². The number of aliphatic hydroxyl groups is 1. The third-order valence-electron chi connectivity index (χ3n) is 3.77. The summed E-state index contributed by atoms with van der Waals surface area (Å²) in [6.07, 6.45) is 4.38. The van der Waals surface area contributed by atoms with Crippen LogP contribution in [0.3, 0.4) is 0 Å². The van der Waals surface area contributed by atoms with Crippen molar-refractivity contribution in [2.24, 2.45) is 5.92 Å². The number of hydrogen-bond donors (Lipinski definition) is 2. The van der Waals surface area contributed by atoms with Crippen LogP contribution in [0.1, 0.15) is 31.2 Å². The summed E-state index contributed by atoms with van der Waals surface area (Å²) in [6, 6.07) is 6.05. The molecule has 19 heavy (non-hydrogen) atoms. The lowest BCUT2D eigenvalue weighted by molar-refractivity contribution is -0.121. The second-order valence-electron chi connectivity index (χ2n) is 5.20. The van der Waals surface area contributed by atoms with Crippen LogP contribution in [0.2, 0.25) is 0 Å². The molecule has 2 unspecified atom stereocenters. The molecule has 4 heteroatoms. The van der Waals surface area contributed by atoms with Gasteiger partial charge in [0, 0.05) is 18.6 Å². The van der Waals surface area contributed by atoms with Crippen LogP contribution in [0.15, 0.2) is 24.3 Å². The van der Waals surface area contributed by atoms with Gasteiger partial charge in [-0.1, -0.05) is 25.0 Å². The van der Waals surface area contributed by atoms with E-state index in [1.807, 2.05) is 0 Å². The van der Waals surface area contributed by atoms with E-state index in [1.165, 1.54) is 12.1 Å². The SMILES string of the molecule is O=C(Cc1ccc(F)cc1)NC1CCCCC1CO. The smallest absolute Gasteiger partial charge is 0.224 e. The molecule has 1 amide bonds. The van der Waals surface area contributed by atoms with Gasteiger partial charge >= 0.3 is 0 Å². The summed E-state index contributed by atoms with van der Waals surface area (Å²) >= 11 is 0. The van der Waals surface area contributed by atoms with Gasteiger partial charge < -0.3 is 10.4 Å². The van der Waals surface area contributed by atoms with E-state index in [-0.39, 0.29) is 36.7 Å². The molecular formula is C15H20FNO2. The van der Waals surface area contributed by atoms with Crippen LogP contribution in [0, 0.1) is 11.7 Å². The Kier molecular flexibility index (Phi) is 4.91. The van der Waals surface area contributed by atoms with Gasteiger partial charge in [0.1, 0.15) is 5.82 Å². The molecule has 0 heterocycles. The zero-order valence-corrected chi connectivity index (χ0v) is 10.9. The van der Waals surface area contributed by atoms with E-state index < -0.39 is 0 Å². The molecule has 1 saturated carbocycles. The molecule has 1 fully saturated rings. The Morgan fingerprint density at radius 3 is 2.63 bits per heavy atom. The molecule has 2 N–H and O–H groups in total. The summed E-state index contributed by atoms with van der Waals surface area (Å²) in [5, 5.41) is 12.3. The number of carbonyl (C=O) groups is 1. The van der Waals surface area contributed by atoms with Crippen LogP contribution in [0.5, 0.6) is 0 Å².